The summed E-state index contributed by atoms with van der Waals surface area (Å²) in [7, 11) is 0. The van der Waals surface area contributed by atoms with E-state index in [1.54, 1.807) is 29.4 Å². The monoisotopic (exact) mass is 274 g/mol. The average Bonchev–Trinajstić information content (AvgIpc) is 2.75. The third-order valence-corrected chi connectivity index (χ3v) is 4.42. The van der Waals surface area contributed by atoms with Gasteiger partial charge in [0.15, 0.2) is 4.34 Å². The van der Waals surface area contributed by atoms with Crippen LogP contribution in [0.1, 0.15) is 10.6 Å². The zero-order chi connectivity index (χ0) is 12.5. The molecule has 2 heterocycles. The van der Waals surface area contributed by atoms with E-state index < -0.39 is 0 Å². The van der Waals surface area contributed by atoms with E-state index in [0.29, 0.717) is 0 Å². The molecule has 3 rings (SSSR count). The van der Waals surface area contributed by atoms with Crippen LogP contribution in [0.5, 0.6) is 0 Å². The maximum atomic E-state index is 4.36. The molecule has 90 valence electrons. The van der Waals surface area contributed by atoms with Gasteiger partial charge in [0, 0.05) is 5.39 Å². The van der Waals surface area contributed by atoms with Crippen LogP contribution in [0, 0.1) is 13.8 Å². The largest absolute Gasteiger partial charge is 0.236 e. The molecule has 2 aromatic heterocycles. The summed E-state index contributed by atoms with van der Waals surface area (Å²) in [5.41, 5.74) is 2.14. The fraction of sp³-hybridized carbons (Fsp3) is 0.167. The van der Waals surface area contributed by atoms with Gasteiger partial charge in [-0.05, 0) is 37.2 Å². The van der Waals surface area contributed by atoms with Crippen LogP contribution >= 0.6 is 23.1 Å². The molecule has 0 radical (unpaired) electrons. The van der Waals surface area contributed by atoms with Crippen molar-refractivity contribution in [1.29, 1.82) is 0 Å². The number of hydrogen-bond donors (Lipinski definition) is 0. The SMILES string of the molecule is Cc1nnc(Sc2ncnc3cccc(C)c23)s1. The molecule has 0 saturated heterocycles. The smallest absolute Gasteiger partial charge is 0.180 e. The summed E-state index contributed by atoms with van der Waals surface area (Å²) < 4.78 is 0.913. The number of fused-ring (bicyclic) bond motifs is 1. The highest BCUT2D eigenvalue weighted by Gasteiger charge is 2.10. The molecule has 1 aromatic carbocycles. The quantitative estimate of drug-likeness (QED) is 0.671. The van der Waals surface area contributed by atoms with E-state index in [2.05, 4.69) is 33.2 Å². The molecule has 0 bridgehead atoms. The van der Waals surface area contributed by atoms with Gasteiger partial charge in [-0.3, -0.25) is 0 Å². The fourth-order valence-electron chi connectivity index (χ4n) is 1.73. The molecule has 3 aromatic rings. The molecule has 0 spiro atoms. The molecule has 0 unspecified atom stereocenters. The van der Waals surface area contributed by atoms with Crippen LogP contribution in [0.4, 0.5) is 0 Å². The average molecular weight is 274 g/mol. The van der Waals surface area contributed by atoms with Gasteiger partial charge in [0.2, 0.25) is 0 Å². The highest BCUT2D eigenvalue weighted by atomic mass is 32.2. The molecule has 4 nitrogen and oxygen atoms in total. The van der Waals surface area contributed by atoms with E-state index >= 15 is 0 Å². The van der Waals surface area contributed by atoms with E-state index in [1.807, 2.05) is 19.1 Å². The van der Waals surface area contributed by atoms with Crippen molar-refractivity contribution < 1.29 is 0 Å². The first kappa shape index (κ1) is 11.6. The van der Waals surface area contributed by atoms with Crippen LogP contribution < -0.4 is 0 Å². The van der Waals surface area contributed by atoms with Crippen molar-refractivity contribution in [2.24, 2.45) is 0 Å². The van der Waals surface area contributed by atoms with Crippen molar-refractivity contribution in [3.63, 3.8) is 0 Å². The van der Waals surface area contributed by atoms with Gasteiger partial charge >= 0.3 is 0 Å². The molecular formula is C12H10N4S2. The van der Waals surface area contributed by atoms with Crippen molar-refractivity contribution in [3.8, 4) is 0 Å². The maximum Gasteiger partial charge on any atom is 0.180 e. The molecule has 0 fully saturated rings. The second-order valence-corrected chi connectivity index (χ2v) is 6.25. The van der Waals surface area contributed by atoms with Gasteiger partial charge in [-0.2, -0.15) is 0 Å². The Morgan fingerprint density at radius 1 is 1.11 bits per heavy atom. The molecule has 0 aliphatic carbocycles. The summed E-state index contributed by atoms with van der Waals surface area (Å²) in [6, 6.07) is 6.08. The predicted octanol–water partition coefficient (Wildman–Crippen LogP) is 3.25. The standard InChI is InChI=1S/C12H10N4S2/c1-7-4-3-5-9-10(7)11(14-6-13-9)18-12-16-15-8(2)17-12/h3-6H,1-2H3. The Hall–Kier alpha value is -1.53. The van der Waals surface area contributed by atoms with E-state index in [4.69, 9.17) is 0 Å². The number of aryl methyl sites for hydroxylation is 2. The molecule has 18 heavy (non-hydrogen) atoms. The second kappa shape index (κ2) is 4.62. The van der Waals surface area contributed by atoms with Crippen molar-refractivity contribution in [2.75, 3.05) is 0 Å². The lowest BCUT2D eigenvalue weighted by Gasteiger charge is -2.04. The van der Waals surface area contributed by atoms with E-state index in [1.165, 1.54) is 5.56 Å². The van der Waals surface area contributed by atoms with E-state index in [9.17, 15) is 0 Å². The van der Waals surface area contributed by atoms with Gasteiger partial charge in [0.25, 0.3) is 0 Å². The van der Waals surface area contributed by atoms with Crippen LogP contribution in [0.15, 0.2) is 33.9 Å². The van der Waals surface area contributed by atoms with Gasteiger partial charge in [0.05, 0.1) is 5.52 Å². The summed E-state index contributed by atoms with van der Waals surface area (Å²) in [6.45, 7) is 4.02. The van der Waals surface area contributed by atoms with Crippen LogP contribution in [-0.4, -0.2) is 20.2 Å². The number of aromatic nitrogens is 4. The Morgan fingerprint density at radius 2 is 2.00 bits per heavy atom. The van der Waals surface area contributed by atoms with Crippen LogP contribution in [0.25, 0.3) is 10.9 Å². The highest BCUT2D eigenvalue weighted by Crippen LogP contribution is 2.33. The molecule has 0 saturated carbocycles. The minimum atomic E-state index is 0.913. The lowest BCUT2D eigenvalue weighted by atomic mass is 10.1. The number of hydrogen-bond acceptors (Lipinski definition) is 6. The minimum absolute atomic E-state index is 0.913. The Morgan fingerprint density at radius 3 is 2.78 bits per heavy atom. The van der Waals surface area contributed by atoms with Crippen molar-refractivity contribution in [1.82, 2.24) is 20.2 Å². The zero-order valence-corrected chi connectivity index (χ0v) is 11.5. The first-order valence-corrected chi connectivity index (χ1v) is 7.05. The van der Waals surface area contributed by atoms with Crippen LogP contribution in [0.3, 0.4) is 0 Å². The van der Waals surface area contributed by atoms with Gasteiger partial charge in [-0.25, -0.2) is 9.97 Å². The Kier molecular flexibility index (Phi) is 2.97. The van der Waals surface area contributed by atoms with E-state index in [-0.39, 0.29) is 0 Å². The van der Waals surface area contributed by atoms with Gasteiger partial charge in [-0.15, -0.1) is 10.2 Å². The summed E-state index contributed by atoms with van der Waals surface area (Å²) >= 11 is 3.12. The molecule has 0 aliphatic rings. The number of rotatable bonds is 2. The van der Waals surface area contributed by atoms with Crippen molar-refractivity contribution >= 4 is 34.0 Å². The summed E-state index contributed by atoms with van der Waals surface area (Å²) in [5.74, 6) is 0. The lowest BCUT2D eigenvalue weighted by molar-refractivity contribution is 0.980. The summed E-state index contributed by atoms with van der Waals surface area (Å²) in [6.07, 6.45) is 1.60. The normalized spacial score (nSPS) is 11.0. The lowest BCUT2D eigenvalue weighted by Crippen LogP contribution is -1.89. The first-order chi connectivity index (χ1) is 8.74. The number of benzene rings is 1. The second-order valence-electron chi connectivity index (χ2n) is 3.84. The van der Waals surface area contributed by atoms with Crippen LogP contribution in [0.2, 0.25) is 0 Å². The third kappa shape index (κ3) is 2.09. The number of nitrogens with zero attached hydrogens (tertiary/aromatic N) is 4. The first-order valence-electron chi connectivity index (χ1n) is 5.42. The fourth-order valence-corrected chi connectivity index (χ4v) is 3.62. The Balaban J connectivity index is 2.11. The van der Waals surface area contributed by atoms with Gasteiger partial charge in [-0.1, -0.05) is 23.5 Å². The predicted molar refractivity (Wildman–Crippen MR) is 73.0 cm³/mol. The molecular weight excluding hydrogens is 264 g/mol. The van der Waals surface area contributed by atoms with Gasteiger partial charge < -0.3 is 0 Å². The minimum Gasteiger partial charge on any atom is -0.236 e. The topological polar surface area (TPSA) is 51.6 Å². The molecule has 6 heteroatoms. The Bertz CT molecular complexity index is 703. The maximum absolute atomic E-state index is 4.36. The molecule has 0 atom stereocenters. The van der Waals surface area contributed by atoms with Gasteiger partial charge in [0.1, 0.15) is 16.4 Å². The molecule has 0 amide bonds. The van der Waals surface area contributed by atoms with Crippen molar-refractivity contribution in [3.05, 3.63) is 35.1 Å². The highest BCUT2D eigenvalue weighted by molar-refractivity contribution is 8.01. The van der Waals surface area contributed by atoms with Crippen molar-refractivity contribution in [2.45, 2.75) is 23.2 Å². The Labute approximate surface area is 113 Å². The molecule has 0 aliphatic heterocycles. The van der Waals surface area contributed by atoms with E-state index in [0.717, 1.165) is 25.3 Å². The summed E-state index contributed by atoms with van der Waals surface area (Å²) in [4.78, 5) is 8.66. The summed E-state index contributed by atoms with van der Waals surface area (Å²) in [5, 5.41) is 11.1. The zero-order valence-electron chi connectivity index (χ0n) is 9.91. The molecule has 0 N–H and O–H groups in total. The van der Waals surface area contributed by atoms with Crippen LogP contribution in [-0.2, 0) is 0 Å². The third-order valence-electron chi connectivity index (χ3n) is 2.53.